The number of carboxylic acids is 2. The summed E-state index contributed by atoms with van der Waals surface area (Å²) in [7, 11) is 0. The summed E-state index contributed by atoms with van der Waals surface area (Å²) >= 11 is 0. The first kappa shape index (κ1) is 8.53. The normalized spacial score (nSPS) is 38.0. The third-order valence-electron chi connectivity index (χ3n) is 3.53. The molecule has 2 atom stereocenters. The second-order valence-electron chi connectivity index (χ2n) is 4.07. The monoisotopic (exact) mass is 184 g/mol. The van der Waals surface area contributed by atoms with E-state index in [0.29, 0.717) is 6.42 Å². The van der Waals surface area contributed by atoms with Crippen molar-refractivity contribution >= 4 is 11.9 Å². The quantitative estimate of drug-likeness (QED) is 0.685. The smallest absolute Gasteiger partial charge is 0.310 e. The van der Waals surface area contributed by atoms with Crippen LogP contribution in [0.5, 0.6) is 0 Å². The fourth-order valence-corrected chi connectivity index (χ4v) is 2.37. The first-order valence-electron chi connectivity index (χ1n) is 4.55. The maximum absolute atomic E-state index is 11.0. The summed E-state index contributed by atoms with van der Waals surface area (Å²) in [4.78, 5) is 21.6. The minimum absolute atomic E-state index is 0.117. The third kappa shape index (κ3) is 0.975. The zero-order valence-electron chi connectivity index (χ0n) is 7.19. The Bertz CT molecular complexity index is 269. The van der Waals surface area contributed by atoms with Gasteiger partial charge in [-0.1, -0.05) is 6.42 Å². The van der Waals surface area contributed by atoms with Crippen molar-refractivity contribution in [1.82, 2.24) is 0 Å². The van der Waals surface area contributed by atoms with Gasteiger partial charge >= 0.3 is 11.9 Å². The van der Waals surface area contributed by atoms with E-state index in [2.05, 4.69) is 0 Å². The number of carboxylic acid groups (broad SMARTS) is 2. The Hall–Kier alpha value is -1.06. The van der Waals surface area contributed by atoms with E-state index in [1.807, 2.05) is 0 Å². The molecule has 2 aliphatic rings. The molecule has 0 bridgehead atoms. The summed E-state index contributed by atoms with van der Waals surface area (Å²) in [5, 5.41) is 17.7. The molecule has 0 spiro atoms. The van der Waals surface area contributed by atoms with Crippen LogP contribution in [0.1, 0.15) is 25.7 Å². The van der Waals surface area contributed by atoms with Gasteiger partial charge in [0.15, 0.2) is 0 Å². The van der Waals surface area contributed by atoms with Gasteiger partial charge in [0, 0.05) is 0 Å². The summed E-state index contributed by atoms with van der Waals surface area (Å²) in [5.74, 6) is -2.37. The molecule has 0 amide bonds. The Labute approximate surface area is 75.6 Å². The first-order valence-corrected chi connectivity index (χ1v) is 4.55. The van der Waals surface area contributed by atoms with Crippen molar-refractivity contribution in [2.24, 2.45) is 17.3 Å². The van der Waals surface area contributed by atoms with Crippen LogP contribution in [0, 0.1) is 17.3 Å². The third-order valence-corrected chi connectivity index (χ3v) is 3.53. The number of aliphatic carboxylic acids is 2. The topological polar surface area (TPSA) is 74.6 Å². The molecule has 2 unspecified atom stereocenters. The van der Waals surface area contributed by atoms with Crippen LogP contribution in [0.2, 0.25) is 0 Å². The molecule has 0 radical (unpaired) electrons. The highest BCUT2D eigenvalue weighted by Gasteiger charge is 2.68. The van der Waals surface area contributed by atoms with Crippen molar-refractivity contribution in [3.63, 3.8) is 0 Å². The van der Waals surface area contributed by atoms with E-state index < -0.39 is 23.3 Å². The molecule has 13 heavy (non-hydrogen) atoms. The average Bonchev–Trinajstić information content (AvgIpc) is 2.60. The number of hydrogen-bond donors (Lipinski definition) is 2. The average molecular weight is 184 g/mol. The van der Waals surface area contributed by atoms with Crippen molar-refractivity contribution in [3.8, 4) is 0 Å². The van der Waals surface area contributed by atoms with Crippen LogP contribution in [-0.4, -0.2) is 22.2 Å². The minimum Gasteiger partial charge on any atom is -0.481 e. The second kappa shape index (κ2) is 2.47. The molecule has 72 valence electrons. The molecule has 2 N–H and O–H groups in total. The predicted octanol–water partition coefficient (Wildman–Crippen LogP) is 0.962. The highest BCUT2D eigenvalue weighted by Crippen LogP contribution is 2.63. The lowest BCUT2D eigenvalue weighted by Crippen LogP contribution is -2.33. The van der Waals surface area contributed by atoms with Crippen LogP contribution in [0.25, 0.3) is 0 Å². The molecular weight excluding hydrogens is 172 g/mol. The summed E-state index contributed by atoms with van der Waals surface area (Å²) in [5.41, 5.74) is -0.899. The summed E-state index contributed by atoms with van der Waals surface area (Å²) in [6.45, 7) is 0. The van der Waals surface area contributed by atoms with Crippen molar-refractivity contribution < 1.29 is 19.8 Å². The van der Waals surface area contributed by atoms with Crippen LogP contribution in [0.15, 0.2) is 0 Å². The Balaban J connectivity index is 2.15. The van der Waals surface area contributed by atoms with Crippen LogP contribution in [0.3, 0.4) is 0 Å². The van der Waals surface area contributed by atoms with Crippen molar-refractivity contribution in [2.75, 3.05) is 0 Å². The molecule has 0 heterocycles. The molecule has 2 fully saturated rings. The molecular formula is C9H12O4. The Morgan fingerprint density at radius 3 is 2.08 bits per heavy atom. The van der Waals surface area contributed by atoms with Crippen LogP contribution < -0.4 is 0 Å². The van der Waals surface area contributed by atoms with Gasteiger partial charge in [-0.05, 0) is 25.2 Å². The van der Waals surface area contributed by atoms with E-state index in [9.17, 15) is 9.59 Å². The lowest BCUT2D eigenvalue weighted by atomic mass is 9.72. The molecule has 2 saturated carbocycles. The van der Waals surface area contributed by atoms with Crippen LogP contribution in [0.4, 0.5) is 0 Å². The summed E-state index contributed by atoms with van der Waals surface area (Å²) in [6.07, 6.45) is 3.15. The Morgan fingerprint density at radius 1 is 1.23 bits per heavy atom. The summed E-state index contributed by atoms with van der Waals surface area (Å²) in [6, 6.07) is 0. The SMILES string of the molecule is O=C(O)C1CC1(C(=O)O)C1CCC1. The van der Waals surface area contributed by atoms with Crippen molar-refractivity contribution in [2.45, 2.75) is 25.7 Å². The summed E-state index contributed by atoms with van der Waals surface area (Å²) < 4.78 is 0. The zero-order chi connectivity index (χ0) is 9.64. The van der Waals surface area contributed by atoms with E-state index in [0.717, 1.165) is 19.3 Å². The standard InChI is InChI=1S/C9H12O4/c10-7(11)6-4-9(6,8(12)13)5-2-1-3-5/h5-6H,1-4H2,(H,10,11)(H,12,13). The van der Waals surface area contributed by atoms with Gasteiger partial charge in [-0.3, -0.25) is 9.59 Å². The number of carbonyl (C=O) groups is 2. The van der Waals surface area contributed by atoms with Gasteiger partial charge in [-0.25, -0.2) is 0 Å². The van der Waals surface area contributed by atoms with Crippen LogP contribution >= 0.6 is 0 Å². The molecule has 0 aliphatic heterocycles. The molecule has 0 aromatic carbocycles. The highest BCUT2D eigenvalue weighted by atomic mass is 16.4. The van der Waals surface area contributed by atoms with Gasteiger partial charge in [-0.2, -0.15) is 0 Å². The molecule has 4 nitrogen and oxygen atoms in total. The molecule has 0 aromatic heterocycles. The minimum atomic E-state index is -0.950. The van der Waals surface area contributed by atoms with E-state index in [4.69, 9.17) is 10.2 Å². The molecule has 2 aliphatic carbocycles. The molecule has 0 aromatic rings. The van der Waals surface area contributed by atoms with E-state index in [-0.39, 0.29) is 5.92 Å². The van der Waals surface area contributed by atoms with E-state index in [1.54, 1.807) is 0 Å². The highest BCUT2D eigenvalue weighted by molar-refractivity contribution is 5.89. The second-order valence-corrected chi connectivity index (χ2v) is 4.07. The maximum atomic E-state index is 11.0. The fourth-order valence-electron chi connectivity index (χ4n) is 2.37. The zero-order valence-corrected chi connectivity index (χ0v) is 7.19. The van der Waals surface area contributed by atoms with Gasteiger partial charge in [-0.15, -0.1) is 0 Å². The van der Waals surface area contributed by atoms with E-state index in [1.165, 1.54) is 0 Å². The van der Waals surface area contributed by atoms with Gasteiger partial charge in [0.1, 0.15) is 0 Å². The lowest BCUT2D eigenvalue weighted by Gasteiger charge is -2.31. The molecule has 2 rings (SSSR count). The molecule has 0 saturated heterocycles. The van der Waals surface area contributed by atoms with Crippen LogP contribution in [-0.2, 0) is 9.59 Å². The fraction of sp³-hybridized carbons (Fsp3) is 0.778. The largest absolute Gasteiger partial charge is 0.481 e. The lowest BCUT2D eigenvalue weighted by molar-refractivity contribution is -0.152. The maximum Gasteiger partial charge on any atom is 0.310 e. The number of rotatable bonds is 3. The van der Waals surface area contributed by atoms with Gasteiger partial charge in [0.2, 0.25) is 0 Å². The van der Waals surface area contributed by atoms with Gasteiger partial charge < -0.3 is 10.2 Å². The van der Waals surface area contributed by atoms with Gasteiger partial charge in [0.05, 0.1) is 11.3 Å². The van der Waals surface area contributed by atoms with E-state index >= 15 is 0 Å². The van der Waals surface area contributed by atoms with Gasteiger partial charge in [0.25, 0.3) is 0 Å². The predicted molar refractivity (Wildman–Crippen MR) is 43.2 cm³/mol. The van der Waals surface area contributed by atoms with Crippen molar-refractivity contribution in [1.29, 1.82) is 0 Å². The molecule has 4 heteroatoms. The van der Waals surface area contributed by atoms with Crippen molar-refractivity contribution in [3.05, 3.63) is 0 Å². The first-order chi connectivity index (χ1) is 6.09. The Kier molecular flexibility index (Phi) is 1.62. The Morgan fingerprint density at radius 2 is 1.85 bits per heavy atom. The number of hydrogen-bond acceptors (Lipinski definition) is 2.